The third-order valence-electron chi connectivity index (χ3n) is 5.39. The molecule has 1 aromatic rings. The standard InChI is InChI=1S/C16H20F3N5O/c17-16(18,19)11-6-21-15(22-7-11)23-8-12-1-2-13(9-23)24(12)14(25)10-3-4-20-5-10/h6-7,10,12-13,20H,1-5,8-9H2/t10-,12?,13?/m1/s1. The number of carbonyl (C=O) groups is 1. The van der Waals surface area contributed by atoms with Crippen molar-refractivity contribution in [1.29, 1.82) is 0 Å². The van der Waals surface area contributed by atoms with Gasteiger partial charge in [-0.25, -0.2) is 9.97 Å². The molecule has 4 rings (SSSR count). The zero-order valence-electron chi connectivity index (χ0n) is 13.7. The Morgan fingerprint density at radius 1 is 1.12 bits per heavy atom. The molecule has 1 N–H and O–H groups in total. The average Bonchev–Trinajstić information content (AvgIpc) is 3.20. The molecule has 3 aliphatic heterocycles. The van der Waals surface area contributed by atoms with E-state index in [2.05, 4.69) is 15.3 Å². The molecule has 25 heavy (non-hydrogen) atoms. The molecule has 2 bridgehead atoms. The van der Waals surface area contributed by atoms with E-state index < -0.39 is 11.7 Å². The summed E-state index contributed by atoms with van der Waals surface area (Å²) in [6.45, 7) is 2.77. The highest BCUT2D eigenvalue weighted by molar-refractivity contribution is 5.81. The minimum Gasteiger partial charge on any atom is -0.337 e. The van der Waals surface area contributed by atoms with Gasteiger partial charge in [-0.2, -0.15) is 13.2 Å². The van der Waals surface area contributed by atoms with Gasteiger partial charge in [0.1, 0.15) is 0 Å². The SMILES string of the molecule is O=C([C@@H]1CCNC1)N1C2CCC1CN(c1ncc(C(F)(F)F)cn1)C2. The van der Waals surface area contributed by atoms with Crippen LogP contribution in [0.2, 0.25) is 0 Å². The predicted molar refractivity (Wildman–Crippen MR) is 83.9 cm³/mol. The third-order valence-corrected chi connectivity index (χ3v) is 5.39. The second-order valence-electron chi connectivity index (χ2n) is 6.99. The Hall–Kier alpha value is -1.90. The smallest absolute Gasteiger partial charge is 0.337 e. The molecular formula is C16H20F3N5O. The number of rotatable bonds is 2. The minimum atomic E-state index is -4.43. The van der Waals surface area contributed by atoms with Crippen LogP contribution in [0.5, 0.6) is 0 Å². The van der Waals surface area contributed by atoms with Gasteiger partial charge in [0.25, 0.3) is 0 Å². The van der Waals surface area contributed by atoms with Crippen molar-refractivity contribution in [2.45, 2.75) is 37.5 Å². The van der Waals surface area contributed by atoms with Crippen LogP contribution in [0, 0.1) is 5.92 Å². The number of alkyl halides is 3. The number of aromatic nitrogens is 2. The Morgan fingerprint density at radius 2 is 1.76 bits per heavy atom. The van der Waals surface area contributed by atoms with Crippen molar-refractivity contribution in [3.8, 4) is 0 Å². The predicted octanol–water partition coefficient (Wildman–Crippen LogP) is 1.28. The fourth-order valence-electron chi connectivity index (χ4n) is 4.13. The van der Waals surface area contributed by atoms with Gasteiger partial charge in [0.15, 0.2) is 0 Å². The summed E-state index contributed by atoms with van der Waals surface area (Å²) in [5.41, 5.74) is -0.846. The van der Waals surface area contributed by atoms with Gasteiger partial charge < -0.3 is 15.1 Å². The second kappa shape index (κ2) is 6.12. The molecular weight excluding hydrogens is 335 g/mol. The van der Waals surface area contributed by atoms with E-state index in [0.29, 0.717) is 19.0 Å². The van der Waals surface area contributed by atoms with Crippen molar-refractivity contribution >= 4 is 11.9 Å². The number of hydrogen-bond acceptors (Lipinski definition) is 5. The van der Waals surface area contributed by atoms with E-state index in [1.54, 1.807) is 0 Å². The lowest BCUT2D eigenvalue weighted by Gasteiger charge is -2.42. The monoisotopic (exact) mass is 355 g/mol. The third kappa shape index (κ3) is 3.05. The molecule has 0 saturated carbocycles. The van der Waals surface area contributed by atoms with Gasteiger partial charge in [-0.3, -0.25) is 4.79 Å². The highest BCUT2D eigenvalue weighted by atomic mass is 19.4. The van der Waals surface area contributed by atoms with Crippen LogP contribution in [0.3, 0.4) is 0 Å². The number of amides is 1. The Morgan fingerprint density at radius 3 is 2.28 bits per heavy atom. The summed E-state index contributed by atoms with van der Waals surface area (Å²) < 4.78 is 37.9. The quantitative estimate of drug-likeness (QED) is 0.866. The normalized spacial score (nSPS) is 29.3. The topological polar surface area (TPSA) is 61.4 Å². The van der Waals surface area contributed by atoms with Crippen LogP contribution in [-0.4, -0.2) is 59.0 Å². The summed E-state index contributed by atoms with van der Waals surface area (Å²) in [4.78, 5) is 24.5. The molecule has 1 amide bonds. The van der Waals surface area contributed by atoms with Crippen molar-refractivity contribution < 1.29 is 18.0 Å². The van der Waals surface area contributed by atoms with Crippen LogP contribution in [0.15, 0.2) is 12.4 Å². The van der Waals surface area contributed by atoms with E-state index in [9.17, 15) is 18.0 Å². The maximum absolute atomic E-state index is 12.8. The molecule has 0 spiro atoms. The van der Waals surface area contributed by atoms with Crippen molar-refractivity contribution in [2.75, 3.05) is 31.1 Å². The Kier molecular flexibility index (Phi) is 4.05. The largest absolute Gasteiger partial charge is 0.419 e. The molecule has 3 saturated heterocycles. The molecule has 9 heteroatoms. The summed E-state index contributed by atoms with van der Waals surface area (Å²) in [5.74, 6) is 0.571. The summed E-state index contributed by atoms with van der Waals surface area (Å²) in [6.07, 6.45) is -0.0577. The van der Waals surface area contributed by atoms with Gasteiger partial charge in [0, 0.05) is 44.1 Å². The van der Waals surface area contributed by atoms with E-state index in [4.69, 9.17) is 0 Å². The van der Waals surface area contributed by atoms with Crippen LogP contribution in [0.1, 0.15) is 24.8 Å². The van der Waals surface area contributed by atoms with Gasteiger partial charge in [0.05, 0.1) is 11.5 Å². The first-order valence-corrected chi connectivity index (χ1v) is 8.60. The van der Waals surface area contributed by atoms with Crippen molar-refractivity contribution in [1.82, 2.24) is 20.2 Å². The van der Waals surface area contributed by atoms with E-state index in [0.717, 1.165) is 44.7 Å². The molecule has 2 unspecified atom stereocenters. The van der Waals surface area contributed by atoms with E-state index >= 15 is 0 Å². The van der Waals surface area contributed by atoms with Crippen LogP contribution in [-0.2, 0) is 11.0 Å². The molecule has 136 valence electrons. The number of halogens is 3. The maximum atomic E-state index is 12.8. The molecule has 0 radical (unpaired) electrons. The molecule has 3 aliphatic rings. The van der Waals surface area contributed by atoms with Crippen LogP contribution in [0.4, 0.5) is 19.1 Å². The van der Waals surface area contributed by atoms with Crippen LogP contribution >= 0.6 is 0 Å². The molecule has 6 nitrogen and oxygen atoms in total. The molecule has 0 aliphatic carbocycles. The number of nitrogens with zero attached hydrogens (tertiary/aromatic N) is 4. The lowest BCUT2D eigenvalue weighted by Crippen LogP contribution is -2.57. The fraction of sp³-hybridized carbons (Fsp3) is 0.688. The first-order valence-electron chi connectivity index (χ1n) is 8.60. The first kappa shape index (κ1) is 16.6. The molecule has 1 aromatic heterocycles. The number of hydrogen-bond donors (Lipinski definition) is 1. The number of piperazine rings is 1. The highest BCUT2D eigenvalue weighted by Gasteiger charge is 2.45. The molecule has 0 aromatic carbocycles. The van der Waals surface area contributed by atoms with Crippen molar-refractivity contribution in [3.05, 3.63) is 18.0 Å². The lowest BCUT2D eigenvalue weighted by atomic mass is 10.0. The molecule has 4 heterocycles. The highest BCUT2D eigenvalue weighted by Crippen LogP contribution is 2.34. The number of carbonyl (C=O) groups excluding carboxylic acids is 1. The van der Waals surface area contributed by atoms with Crippen LogP contribution < -0.4 is 10.2 Å². The summed E-state index contributed by atoms with van der Waals surface area (Å²) >= 11 is 0. The van der Waals surface area contributed by atoms with E-state index in [1.807, 2.05) is 9.80 Å². The minimum absolute atomic E-state index is 0.0527. The lowest BCUT2D eigenvalue weighted by molar-refractivity contribution is -0.139. The van der Waals surface area contributed by atoms with E-state index in [1.165, 1.54) is 0 Å². The number of nitrogens with one attached hydrogen (secondary N) is 1. The zero-order valence-corrected chi connectivity index (χ0v) is 13.7. The molecule has 3 fully saturated rings. The summed E-state index contributed by atoms with van der Waals surface area (Å²) in [6, 6.07) is 0.190. The Bertz CT molecular complexity index is 630. The first-order chi connectivity index (χ1) is 11.9. The van der Waals surface area contributed by atoms with Crippen LogP contribution in [0.25, 0.3) is 0 Å². The fourth-order valence-corrected chi connectivity index (χ4v) is 4.13. The van der Waals surface area contributed by atoms with Gasteiger partial charge in [-0.1, -0.05) is 0 Å². The summed E-state index contributed by atoms with van der Waals surface area (Å²) in [7, 11) is 0. The zero-order chi connectivity index (χ0) is 17.6. The number of fused-ring (bicyclic) bond motifs is 2. The second-order valence-corrected chi connectivity index (χ2v) is 6.99. The Balaban J connectivity index is 1.47. The van der Waals surface area contributed by atoms with Gasteiger partial charge in [-0.15, -0.1) is 0 Å². The average molecular weight is 355 g/mol. The maximum Gasteiger partial charge on any atom is 0.419 e. The van der Waals surface area contributed by atoms with E-state index in [-0.39, 0.29) is 23.9 Å². The summed E-state index contributed by atoms with van der Waals surface area (Å²) in [5, 5.41) is 3.22. The van der Waals surface area contributed by atoms with Gasteiger partial charge >= 0.3 is 6.18 Å². The molecule has 3 atom stereocenters. The van der Waals surface area contributed by atoms with Gasteiger partial charge in [-0.05, 0) is 25.8 Å². The Labute approximate surface area is 143 Å². The number of anilines is 1. The van der Waals surface area contributed by atoms with Gasteiger partial charge in [0.2, 0.25) is 11.9 Å². The van der Waals surface area contributed by atoms with Crippen molar-refractivity contribution in [2.24, 2.45) is 5.92 Å². The van der Waals surface area contributed by atoms with Crippen molar-refractivity contribution in [3.63, 3.8) is 0 Å².